The average Bonchev–Trinajstić information content (AvgIpc) is 2.73. The quantitative estimate of drug-likeness (QED) is 0.831. The molecule has 0 radical (unpaired) electrons. The van der Waals surface area contributed by atoms with Crippen LogP contribution < -0.4 is 4.74 Å². The Bertz CT molecular complexity index is 445. The van der Waals surface area contributed by atoms with Gasteiger partial charge >= 0.3 is 0 Å². The molecule has 1 heterocycles. The lowest BCUT2D eigenvalue weighted by molar-refractivity contribution is 0.302. The molecule has 0 N–H and O–H groups in total. The Balaban J connectivity index is 2.02. The van der Waals surface area contributed by atoms with Crippen LogP contribution in [0.2, 0.25) is 10.0 Å². The highest BCUT2D eigenvalue weighted by molar-refractivity contribution is 7.07. The predicted molar refractivity (Wildman–Crippen MR) is 62.9 cm³/mol. The molecular weight excluding hydrogens is 253 g/mol. The van der Waals surface area contributed by atoms with Crippen LogP contribution in [0.4, 0.5) is 0 Å². The fraction of sp³-hybridized carbons (Fsp3) is 0.100. The molecule has 0 aliphatic heterocycles. The van der Waals surface area contributed by atoms with Crippen LogP contribution >= 0.6 is 34.5 Å². The van der Waals surface area contributed by atoms with Crippen molar-refractivity contribution in [2.24, 2.45) is 0 Å². The Kier molecular flexibility index (Phi) is 3.46. The summed E-state index contributed by atoms with van der Waals surface area (Å²) in [6, 6.07) is 5.18. The maximum atomic E-state index is 5.85. The third-order valence-electron chi connectivity index (χ3n) is 1.76. The molecule has 0 atom stereocenters. The summed E-state index contributed by atoms with van der Waals surface area (Å²) in [4.78, 5) is 4.11. The summed E-state index contributed by atoms with van der Waals surface area (Å²) >= 11 is 13.2. The van der Waals surface area contributed by atoms with Gasteiger partial charge in [0.2, 0.25) is 0 Å². The van der Waals surface area contributed by atoms with Gasteiger partial charge in [-0.05, 0) is 12.1 Å². The number of thiazole rings is 1. The van der Waals surface area contributed by atoms with Crippen molar-refractivity contribution in [3.05, 3.63) is 44.8 Å². The lowest BCUT2D eigenvalue weighted by atomic mass is 10.3. The Morgan fingerprint density at radius 2 is 2.13 bits per heavy atom. The molecule has 2 rings (SSSR count). The van der Waals surface area contributed by atoms with Gasteiger partial charge in [-0.1, -0.05) is 23.2 Å². The normalized spacial score (nSPS) is 10.3. The maximum Gasteiger partial charge on any atom is 0.131 e. The van der Waals surface area contributed by atoms with Crippen LogP contribution in [0, 0.1) is 0 Å². The van der Waals surface area contributed by atoms with Crippen LogP contribution in [-0.4, -0.2) is 4.98 Å². The molecule has 2 nitrogen and oxygen atoms in total. The highest BCUT2D eigenvalue weighted by Crippen LogP contribution is 2.26. The molecule has 0 saturated heterocycles. The van der Waals surface area contributed by atoms with E-state index in [1.54, 1.807) is 35.0 Å². The molecule has 0 amide bonds. The van der Waals surface area contributed by atoms with E-state index in [9.17, 15) is 0 Å². The van der Waals surface area contributed by atoms with Gasteiger partial charge in [-0.15, -0.1) is 11.3 Å². The number of hydrogen-bond donors (Lipinski definition) is 0. The zero-order chi connectivity index (χ0) is 10.7. The Morgan fingerprint density at radius 3 is 2.80 bits per heavy atom. The van der Waals surface area contributed by atoms with E-state index in [1.165, 1.54) is 0 Å². The largest absolute Gasteiger partial charge is 0.487 e. The van der Waals surface area contributed by atoms with Gasteiger partial charge in [-0.2, -0.15) is 0 Å². The molecule has 0 spiro atoms. The molecule has 1 aromatic heterocycles. The van der Waals surface area contributed by atoms with Gasteiger partial charge in [-0.3, -0.25) is 0 Å². The van der Waals surface area contributed by atoms with E-state index in [-0.39, 0.29) is 0 Å². The minimum absolute atomic E-state index is 0.446. The van der Waals surface area contributed by atoms with E-state index >= 15 is 0 Å². The lowest BCUT2D eigenvalue weighted by Gasteiger charge is -2.04. The Morgan fingerprint density at radius 1 is 1.27 bits per heavy atom. The summed E-state index contributed by atoms with van der Waals surface area (Å²) in [5.74, 6) is 0.692. The van der Waals surface area contributed by atoms with Gasteiger partial charge in [-0.25, -0.2) is 4.98 Å². The topological polar surface area (TPSA) is 22.1 Å². The van der Waals surface area contributed by atoms with Gasteiger partial charge in [0.15, 0.2) is 0 Å². The fourth-order valence-corrected chi connectivity index (χ4v) is 1.86. The van der Waals surface area contributed by atoms with Gasteiger partial charge in [0.1, 0.15) is 12.4 Å². The number of aromatic nitrogens is 1. The number of halogens is 2. The van der Waals surface area contributed by atoms with Crippen molar-refractivity contribution in [3.63, 3.8) is 0 Å². The summed E-state index contributed by atoms with van der Waals surface area (Å²) in [7, 11) is 0. The highest BCUT2D eigenvalue weighted by atomic mass is 35.5. The van der Waals surface area contributed by atoms with Crippen LogP contribution in [0.25, 0.3) is 0 Å². The molecule has 5 heteroatoms. The summed E-state index contributed by atoms with van der Waals surface area (Å²) < 4.78 is 5.49. The number of hydrogen-bond acceptors (Lipinski definition) is 3. The first-order chi connectivity index (χ1) is 7.25. The Labute approximate surface area is 101 Å². The summed E-state index contributed by atoms with van der Waals surface area (Å²) in [6.45, 7) is 0.446. The number of nitrogens with zero attached hydrogens (tertiary/aromatic N) is 1. The van der Waals surface area contributed by atoms with Gasteiger partial charge in [0, 0.05) is 11.4 Å². The first-order valence-electron chi connectivity index (χ1n) is 4.20. The summed E-state index contributed by atoms with van der Waals surface area (Å²) in [5, 5.41) is 2.96. The molecule has 0 aliphatic rings. The third kappa shape index (κ3) is 2.84. The van der Waals surface area contributed by atoms with Crippen molar-refractivity contribution >= 4 is 34.5 Å². The van der Waals surface area contributed by atoms with Crippen molar-refractivity contribution in [1.29, 1.82) is 0 Å². The number of rotatable bonds is 3. The SMILES string of the molecule is Clc1ccc(OCc2cscn2)cc1Cl. The zero-order valence-corrected chi connectivity index (χ0v) is 9.94. The van der Waals surface area contributed by atoms with E-state index in [2.05, 4.69) is 4.98 Å². The van der Waals surface area contributed by atoms with Gasteiger partial charge in [0.05, 0.1) is 21.2 Å². The van der Waals surface area contributed by atoms with Crippen LogP contribution in [0.5, 0.6) is 5.75 Å². The van der Waals surface area contributed by atoms with Crippen LogP contribution in [0.1, 0.15) is 5.69 Å². The smallest absolute Gasteiger partial charge is 0.131 e. The van der Waals surface area contributed by atoms with Crippen molar-refractivity contribution in [1.82, 2.24) is 4.98 Å². The average molecular weight is 260 g/mol. The predicted octanol–water partition coefficient (Wildman–Crippen LogP) is 4.03. The van der Waals surface area contributed by atoms with Gasteiger partial charge < -0.3 is 4.74 Å². The van der Waals surface area contributed by atoms with Crippen LogP contribution in [0.3, 0.4) is 0 Å². The first-order valence-corrected chi connectivity index (χ1v) is 5.90. The molecule has 0 aliphatic carbocycles. The molecule has 15 heavy (non-hydrogen) atoms. The van der Waals surface area contributed by atoms with Crippen molar-refractivity contribution in [2.45, 2.75) is 6.61 Å². The molecule has 2 aromatic rings. The standard InChI is InChI=1S/C10H7Cl2NOS/c11-9-2-1-8(3-10(9)12)14-4-7-5-15-6-13-7/h1-3,5-6H,4H2. The number of benzene rings is 1. The van der Waals surface area contributed by atoms with E-state index in [4.69, 9.17) is 27.9 Å². The van der Waals surface area contributed by atoms with Crippen molar-refractivity contribution in [2.75, 3.05) is 0 Å². The maximum absolute atomic E-state index is 5.85. The molecule has 1 aromatic carbocycles. The summed E-state index contributed by atoms with van der Waals surface area (Å²) in [5.41, 5.74) is 2.68. The summed E-state index contributed by atoms with van der Waals surface area (Å²) in [6.07, 6.45) is 0. The van der Waals surface area contributed by atoms with E-state index in [0.29, 0.717) is 22.4 Å². The van der Waals surface area contributed by atoms with Crippen molar-refractivity contribution in [3.8, 4) is 5.75 Å². The minimum Gasteiger partial charge on any atom is -0.487 e. The highest BCUT2D eigenvalue weighted by Gasteiger charge is 2.01. The molecule has 78 valence electrons. The molecule has 0 unspecified atom stereocenters. The van der Waals surface area contributed by atoms with E-state index < -0.39 is 0 Å². The van der Waals surface area contributed by atoms with Crippen LogP contribution in [0.15, 0.2) is 29.1 Å². The Hall–Kier alpha value is -0.770. The molecule has 0 bridgehead atoms. The van der Waals surface area contributed by atoms with Crippen LogP contribution in [-0.2, 0) is 6.61 Å². The van der Waals surface area contributed by atoms with Crippen molar-refractivity contribution < 1.29 is 4.74 Å². The molecule has 0 fully saturated rings. The minimum atomic E-state index is 0.446. The number of ether oxygens (including phenoxy) is 1. The monoisotopic (exact) mass is 259 g/mol. The second-order valence-electron chi connectivity index (χ2n) is 2.84. The second kappa shape index (κ2) is 4.84. The van der Waals surface area contributed by atoms with Gasteiger partial charge in [0.25, 0.3) is 0 Å². The zero-order valence-electron chi connectivity index (χ0n) is 7.61. The fourth-order valence-electron chi connectivity index (χ4n) is 1.03. The lowest BCUT2D eigenvalue weighted by Crippen LogP contribution is -1.95. The molecular formula is C10H7Cl2NOS. The van der Waals surface area contributed by atoms with E-state index in [1.807, 2.05) is 5.38 Å². The second-order valence-corrected chi connectivity index (χ2v) is 4.38. The van der Waals surface area contributed by atoms with E-state index in [0.717, 1.165) is 5.69 Å². The molecule has 0 saturated carbocycles. The third-order valence-corrected chi connectivity index (χ3v) is 3.14. The first kappa shape index (κ1) is 10.7.